The van der Waals surface area contributed by atoms with Crippen molar-refractivity contribution in [3.8, 4) is 11.5 Å². The first kappa shape index (κ1) is 17.1. The standard InChI is InChI=1S/C9H9ClO3.C6H5ClO/c10-8-1-3-9(4-2-8)13-6-5-12-7-11;7-5-1-3-6(8)4-2-5/h1-4,7H,5-6H2;1-4,8H. The van der Waals surface area contributed by atoms with Crippen molar-refractivity contribution in [2.75, 3.05) is 13.2 Å². The zero-order chi connectivity index (χ0) is 15.5. The largest absolute Gasteiger partial charge is 0.508 e. The minimum atomic E-state index is 0.245. The van der Waals surface area contributed by atoms with Gasteiger partial charge in [-0.05, 0) is 48.5 Å². The number of hydrogen-bond donors (Lipinski definition) is 1. The maximum atomic E-state index is 9.77. The molecule has 0 saturated carbocycles. The van der Waals surface area contributed by atoms with Gasteiger partial charge in [-0.1, -0.05) is 23.2 Å². The molecular weight excluding hydrogens is 315 g/mol. The van der Waals surface area contributed by atoms with Crippen molar-refractivity contribution in [2.45, 2.75) is 0 Å². The third-order valence-corrected chi connectivity index (χ3v) is 2.68. The average molecular weight is 329 g/mol. The molecule has 1 N–H and O–H groups in total. The summed E-state index contributed by atoms with van der Waals surface area (Å²) in [5.74, 6) is 0.952. The van der Waals surface area contributed by atoms with E-state index >= 15 is 0 Å². The molecule has 2 aromatic rings. The lowest BCUT2D eigenvalue weighted by Crippen LogP contribution is -2.05. The second-order valence-corrected chi connectivity index (χ2v) is 4.62. The van der Waals surface area contributed by atoms with E-state index in [-0.39, 0.29) is 12.4 Å². The molecule has 0 aliphatic rings. The van der Waals surface area contributed by atoms with Crippen LogP contribution in [0.1, 0.15) is 0 Å². The van der Waals surface area contributed by atoms with Crippen LogP contribution in [0.25, 0.3) is 0 Å². The molecule has 0 aromatic heterocycles. The Morgan fingerprint density at radius 3 is 1.90 bits per heavy atom. The van der Waals surface area contributed by atoms with Gasteiger partial charge in [0.05, 0.1) is 0 Å². The summed E-state index contributed by atoms with van der Waals surface area (Å²) in [4.78, 5) is 9.77. The molecule has 21 heavy (non-hydrogen) atoms. The van der Waals surface area contributed by atoms with Crippen LogP contribution in [0.15, 0.2) is 48.5 Å². The van der Waals surface area contributed by atoms with Crippen LogP contribution < -0.4 is 4.74 Å². The first-order valence-corrected chi connectivity index (χ1v) is 6.75. The minimum Gasteiger partial charge on any atom is -0.508 e. The Hall–Kier alpha value is -1.91. The summed E-state index contributed by atoms with van der Waals surface area (Å²) in [5, 5.41) is 10.0. The van der Waals surface area contributed by atoms with E-state index in [1.54, 1.807) is 48.5 Å². The van der Waals surface area contributed by atoms with Crippen LogP contribution in [0.5, 0.6) is 11.5 Å². The molecule has 112 valence electrons. The quantitative estimate of drug-likeness (QED) is 0.667. The van der Waals surface area contributed by atoms with Crippen molar-refractivity contribution in [2.24, 2.45) is 0 Å². The van der Waals surface area contributed by atoms with Gasteiger partial charge in [-0.2, -0.15) is 0 Å². The van der Waals surface area contributed by atoms with E-state index < -0.39 is 0 Å². The zero-order valence-electron chi connectivity index (χ0n) is 11.0. The van der Waals surface area contributed by atoms with Crippen LogP contribution >= 0.6 is 23.2 Å². The maximum absolute atomic E-state index is 9.77. The smallest absolute Gasteiger partial charge is 0.293 e. The summed E-state index contributed by atoms with van der Waals surface area (Å²) in [6.45, 7) is 0.998. The van der Waals surface area contributed by atoms with Crippen molar-refractivity contribution in [1.82, 2.24) is 0 Å². The predicted molar refractivity (Wildman–Crippen MR) is 82.1 cm³/mol. The van der Waals surface area contributed by atoms with Crippen LogP contribution in [-0.4, -0.2) is 24.8 Å². The number of phenolic OH excluding ortho intramolecular Hbond substituents is 1. The zero-order valence-corrected chi connectivity index (χ0v) is 12.6. The number of benzene rings is 2. The average Bonchev–Trinajstić information content (AvgIpc) is 2.49. The second kappa shape index (κ2) is 9.91. The molecule has 0 atom stereocenters. The number of carbonyl (C=O) groups excluding carboxylic acids is 1. The molecule has 0 saturated heterocycles. The van der Waals surface area contributed by atoms with Crippen molar-refractivity contribution in [3.05, 3.63) is 58.6 Å². The molecule has 0 unspecified atom stereocenters. The Morgan fingerprint density at radius 1 is 0.905 bits per heavy atom. The highest BCUT2D eigenvalue weighted by molar-refractivity contribution is 6.30. The van der Waals surface area contributed by atoms with Gasteiger partial charge < -0.3 is 14.6 Å². The van der Waals surface area contributed by atoms with Gasteiger partial charge in [0.25, 0.3) is 6.47 Å². The van der Waals surface area contributed by atoms with Crippen molar-refractivity contribution < 1.29 is 19.4 Å². The lowest BCUT2D eigenvalue weighted by Gasteiger charge is -2.04. The highest BCUT2D eigenvalue weighted by atomic mass is 35.5. The maximum Gasteiger partial charge on any atom is 0.293 e. The number of phenols is 1. The molecule has 0 bridgehead atoms. The Labute approximate surface area is 132 Å². The molecule has 0 fully saturated rings. The van der Waals surface area contributed by atoms with Crippen molar-refractivity contribution in [3.63, 3.8) is 0 Å². The van der Waals surface area contributed by atoms with E-state index in [9.17, 15) is 4.79 Å². The van der Waals surface area contributed by atoms with Gasteiger partial charge in [0, 0.05) is 10.0 Å². The molecule has 0 aliphatic heterocycles. The number of hydrogen-bond acceptors (Lipinski definition) is 4. The fourth-order valence-corrected chi connectivity index (χ4v) is 1.48. The molecule has 0 radical (unpaired) electrons. The third-order valence-electron chi connectivity index (χ3n) is 2.18. The lowest BCUT2D eigenvalue weighted by molar-refractivity contribution is -0.129. The molecule has 2 aromatic carbocycles. The van der Waals surface area contributed by atoms with E-state index in [1.165, 1.54) is 0 Å². The van der Waals surface area contributed by atoms with E-state index in [0.29, 0.717) is 28.9 Å². The van der Waals surface area contributed by atoms with Gasteiger partial charge in [0.15, 0.2) is 0 Å². The number of rotatable bonds is 5. The topological polar surface area (TPSA) is 55.8 Å². The summed E-state index contributed by atoms with van der Waals surface area (Å²) < 4.78 is 9.67. The number of ether oxygens (including phenoxy) is 2. The first-order valence-electron chi connectivity index (χ1n) is 6.00. The number of aromatic hydroxyl groups is 1. The van der Waals surface area contributed by atoms with Gasteiger partial charge >= 0.3 is 0 Å². The van der Waals surface area contributed by atoms with Crippen LogP contribution in [0, 0.1) is 0 Å². The van der Waals surface area contributed by atoms with Gasteiger partial charge in [-0.25, -0.2) is 0 Å². The normalized spacial score (nSPS) is 9.24. The second-order valence-electron chi connectivity index (χ2n) is 3.75. The molecule has 2 rings (SSSR count). The fraction of sp³-hybridized carbons (Fsp3) is 0.133. The third kappa shape index (κ3) is 8.07. The van der Waals surface area contributed by atoms with E-state index in [4.69, 9.17) is 33.0 Å². The van der Waals surface area contributed by atoms with E-state index in [1.807, 2.05) is 0 Å². The predicted octanol–water partition coefficient (Wildman–Crippen LogP) is 3.94. The lowest BCUT2D eigenvalue weighted by atomic mass is 10.3. The highest BCUT2D eigenvalue weighted by Gasteiger charge is 1.92. The molecule has 0 spiro atoms. The molecule has 4 nitrogen and oxygen atoms in total. The molecule has 0 aliphatic carbocycles. The van der Waals surface area contributed by atoms with Crippen molar-refractivity contribution >= 4 is 29.7 Å². The highest BCUT2D eigenvalue weighted by Crippen LogP contribution is 2.15. The molecule has 0 amide bonds. The van der Waals surface area contributed by atoms with E-state index in [0.717, 1.165) is 0 Å². The number of halogens is 2. The summed E-state index contributed by atoms with van der Waals surface area (Å²) in [5.41, 5.74) is 0. The van der Waals surface area contributed by atoms with Crippen LogP contribution in [0.2, 0.25) is 10.0 Å². The Morgan fingerprint density at radius 2 is 1.43 bits per heavy atom. The molecule has 0 heterocycles. The van der Waals surface area contributed by atoms with Crippen LogP contribution in [0.4, 0.5) is 0 Å². The van der Waals surface area contributed by atoms with Gasteiger partial charge in [-0.3, -0.25) is 4.79 Å². The SMILES string of the molecule is O=COCCOc1ccc(Cl)cc1.Oc1ccc(Cl)cc1. The fourth-order valence-electron chi connectivity index (χ4n) is 1.23. The minimum absolute atomic E-state index is 0.245. The Kier molecular flexibility index (Phi) is 8.09. The summed E-state index contributed by atoms with van der Waals surface area (Å²) in [6.07, 6.45) is 0. The summed E-state index contributed by atoms with van der Waals surface area (Å²) in [7, 11) is 0. The van der Waals surface area contributed by atoms with Crippen LogP contribution in [0.3, 0.4) is 0 Å². The van der Waals surface area contributed by atoms with E-state index in [2.05, 4.69) is 4.74 Å². The van der Waals surface area contributed by atoms with Gasteiger partial charge in [-0.15, -0.1) is 0 Å². The Bertz CT molecular complexity index is 505. The summed E-state index contributed by atoms with van der Waals surface area (Å²) >= 11 is 11.2. The molecule has 6 heteroatoms. The monoisotopic (exact) mass is 328 g/mol. The molecular formula is C15H14Cl2O4. The van der Waals surface area contributed by atoms with Gasteiger partial charge in [0.2, 0.25) is 0 Å². The summed E-state index contributed by atoms with van der Waals surface area (Å²) in [6, 6.07) is 13.3. The Balaban J connectivity index is 0.000000235. The number of carbonyl (C=O) groups is 1. The first-order chi connectivity index (χ1) is 10.1. The van der Waals surface area contributed by atoms with Crippen LogP contribution in [-0.2, 0) is 9.53 Å². The van der Waals surface area contributed by atoms with Gasteiger partial charge in [0.1, 0.15) is 24.7 Å². The van der Waals surface area contributed by atoms with Crippen molar-refractivity contribution in [1.29, 1.82) is 0 Å².